The van der Waals surface area contributed by atoms with Crippen LogP contribution in [0, 0.1) is 6.92 Å². The summed E-state index contributed by atoms with van der Waals surface area (Å²) < 4.78 is 45.8. The molecule has 1 aliphatic heterocycles. The van der Waals surface area contributed by atoms with E-state index in [0.717, 1.165) is 33.3 Å². The summed E-state index contributed by atoms with van der Waals surface area (Å²) in [6, 6.07) is 11.4. The molecule has 10 heteroatoms. The predicted molar refractivity (Wildman–Crippen MR) is 126 cm³/mol. The number of rotatable bonds is 6. The van der Waals surface area contributed by atoms with E-state index in [0.29, 0.717) is 32.0 Å². The number of ether oxygens (including phenoxy) is 1. The highest BCUT2D eigenvalue weighted by Gasteiger charge is 2.32. The van der Waals surface area contributed by atoms with Gasteiger partial charge in [-0.25, -0.2) is 4.98 Å². The fraction of sp³-hybridized carbons (Fsp3) is 0.304. The van der Waals surface area contributed by atoms with E-state index in [1.165, 1.54) is 29.2 Å². The third-order valence-electron chi connectivity index (χ3n) is 5.11. The molecule has 174 valence electrons. The van der Waals surface area contributed by atoms with Crippen molar-refractivity contribution in [1.29, 1.82) is 0 Å². The van der Waals surface area contributed by atoms with Gasteiger partial charge in [0.1, 0.15) is 0 Å². The molecule has 1 fully saturated rings. The topological polar surface area (TPSA) is 54.5 Å². The molecular weight excluding hydrogens is 471 g/mol. The van der Waals surface area contributed by atoms with Crippen LogP contribution in [0.5, 0.6) is 0 Å². The molecule has 0 saturated carbocycles. The van der Waals surface area contributed by atoms with E-state index < -0.39 is 11.7 Å². The predicted octanol–water partition coefficient (Wildman–Crippen LogP) is 5.70. The van der Waals surface area contributed by atoms with Gasteiger partial charge in [-0.15, -0.1) is 11.3 Å². The van der Waals surface area contributed by atoms with Crippen molar-refractivity contribution in [3.05, 3.63) is 59.0 Å². The van der Waals surface area contributed by atoms with Gasteiger partial charge in [0.15, 0.2) is 4.34 Å². The number of hydrogen-bond acceptors (Lipinski definition) is 6. The molecule has 4 rings (SSSR count). The molecule has 0 aliphatic carbocycles. The number of benzene rings is 2. The van der Waals surface area contributed by atoms with Crippen molar-refractivity contribution in [2.45, 2.75) is 17.4 Å². The molecule has 1 amide bonds. The zero-order chi connectivity index (χ0) is 23.4. The minimum absolute atomic E-state index is 0.0413. The van der Waals surface area contributed by atoms with Crippen molar-refractivity contribution < 1.29 is 22.7 Å². The number of morpholine rings is 1. The number of thioether (sulfide) groups is 1. The van der Waals surface area contributed by atoms with Crippen LogP contribution in [0.2, 0.25) is 0 Å². The fourth-order valence-corrected chi connectivity index (χ4v) is 5.02. The minimum atomic E-state index is -4.50. The Morgan fingerprint density at radius 3 is 2.61 bits per heavy atom. The molecule has 0 unspecified atom stereocenters. The van der Waals surface area contributed by atoms with Crippen molar-refractivity contribution in [2.75, 3.05) is 42.3 Å². The lowest BCUT2D eigenvalue weighted by Crippen LogP contribution is -2.37. The van der Waals surface area contributed by atoms with E-state index >= 15 is 0 Å². The number of carbonyl (C=O) groups excluding carboxylic acids is 1. The van der Waals surface area contributed by atoms with Crippen LogP contribution in [-0.4, -0.2) is 42.9 Å². The van der Waals surface area contributed by atoms with Gasteiger partial charge in [0.25, 0.3) is 0 Å². The summed E-state index contributed by atoms with van der Waals surface area (Å²) in [5.41, 5.74) is 2.89. The fourth-order valence-electron chi connectivity index (χ4n) is 3.39. The molecule has 0 bridgehead atoms. The molecule has 1 saturated heterocycles. The van der Waals surface area contributed by atoms with Crippen LogP contribution in [0.3, 0.4) is 0 Å². The summed E-state index contributed by atoms with van der Waals surface area (Å²) in [5, 5.41) is 4.59. The summed E-state index contributed by atoms with van der Waals surface area (Å²) in [5.74, 6) is -0.347. The van der Waals surface area contributed by atoms with E-state index in [1.807, 2.05) is 41.5 Å². The highest BCUT2D eigenvalue weighted by Crippen LogP contribution is 2.36. The Kier molecular flexibility index (Phi) is 7.26. The molecule has 1 aliphatic rings. The highest BCUT2D eigenvalue weighted by atomic mass is 32.2. The molecule has 2 heterocycles. The van der Waals surface area contributed by atoms with Crippen LogP contribution in [0.15, 0.2) is 52.2 Å². The molecule has 1 aromatic heterocycles. The number of anilines is 2. The Morgan fingerprint density at radius 2 is 1.91 bits per heavy atom. The largest absolute Gasteiger partial charge is 0.416 e. The second-order valence-electron chi connectivity index (χ2n) is 7.53. The number of aromatic nitrogens is 1. The zero-order valence-corrected chi connectivity index (χ0v) is 19.4. The average Bonchev–Trinajstić information content (AvgIpc) is 3.27. The smallest absolute Gasteiger partial charge is 0.378 e. The van der Waals surface area contributed by atoms with Crippen molar-refractivity contribution in [3.8, 4) is 11.3 Å². The van der Waals surface area contributed by atoms with Gasteiger partial charge in [-0.1, -0.05) is 41.6 Å². The maximum Gasteiger partial charge on any atom is 0.416 e. The second-order valence-corrected chi connectivity index (χ2v) is 9.61. The Hall–Kier alpha value is -2.56. The molecule has 33 heavy (non-hydrogen) atoms. The first kappa shape index (κ1) is 23.6. The maximum absolute atomic E-state index is 13.3. The third-order valence-corrected chi connectivity index (χ3v) is 7.13. The van der Waals surface area contributed by atoms with Crippen molar-refractivity contribution in [2.24, 2.45) is 0 Å². The molecule has 0 spiro atoms. The normalized spacial score (nSPS) is 14.4. The van der Waals surface area contributed by atoms with E-state index in [4.69, 9.17) is 4.74 Å². The SMILES string of the molecule is Cc1ccc(-c2csc(SCC(=O)Nc3cc(C(F)(F)F)ccc3N3CCOCC3)n2)cc1. The van der Waals surface area contributed by atoms with Crippen LogP contribution in [0.25, 0.3) is 11.3 Å². The first-order chi connectivity index (χ1) is 15.8. The molecular formula is C23H22F3N3O2S2. The van der Waals surface area contributed by atoms with Gasteiger partial charge in [-0.2, -0.15) is 13.2 Å². The monoisotopic (exact) mass is 493 g/mol. The number of amides is 1. The van der Waals surface area contributed by atoms with Gasteiger partial charge >= 0.3 is 6.18 Å². The summed E-state index contributed by atoms with van der Waals surface area (Å²) in [4.78, 5) is 19.1. The number of nitrogens with one attached hydrogen (secondary N) is 1. The number of aryl methyl sites for hydroxylation is 1. The lowest BCUT2D eigenvalue weighted by Gasteiger charge is -2.31. The summed E-state index contributed by atoms with van der Waals surface area (Å²) in [6.45, 7) is 4.07. The lowest BCUT2D eigenvalue weighted by molar-refractivity contribution is -0.137. The zero-order valence-electron chi connectivity index (χ0n) is 17.8. The molecule has 2 aromatic carbocycles. The lowest BCUT2D eigenvalue weighted by atomic mass is 10.1. The van der Waals surface area contributed by atoms with Gasteiger partial charge in [0.2, 0.25) is 5.91 Å². The van der Waals surface area contributed by atoms with Crippen molar-refractivity contribution in [3.63, 3.8) is 0 Å². The van der Waals surface area contributed by atoms with E-state index in [1.54, 1.807) is 0 Å². The van der Waals surface area contributed by atoms with Gasteiger partial charge in [0, 0.05) is 24.0 Å². The Bertz CT molecular complexity index is 1110. The minimum Gasteiger partial charge on any atom is -0.378 e. The summed E-state index contributed by atoms with van der Waals surface area (Å²) in [6.07, 6.45) is -4.50. The van der Waals surface area contributed by atoms with Crippen LogP contribution in [0.1, 0.15) is 11.1 Å². The van der Waals surface area contributed by atoms with Crippen LogP contribution in [-0.2, 0) is 15.7 Å². The Labute approximate surface area is 198 Å². The number of alkyl halides is 3. The quantitative estimate of drug-likeness (QED) is 0.446. The molecule has 3 aromatic rings. The van der Waals surface area contributed by atoms with Gasteiger partial charge in [-0.05, 0) is 25.1 Å². The Morgan fingerprint density at radius 1 is 1.18 bits per heavy atom. The first-order valence-corrected chi connectivity index (χ1v) is 12.2. The van der Waals surface area contributed by atoms with Gasteiger partial charge in [0.05, 0.1) is 41.6 Å². The molecule has 5 nitrogen and oxygen atoms in total. The van der Waals surface area contributed by atoms with Crippen LogP contribution >= 0.6 is 23.1 Å². The summed E-state index contributed by atoms with van der Waals surface area (Å²) >= 11 is 2.69. The van der Waals surface area contributed by atoms with Gasteiger partial charge < -0.3 is 15.0 Å². The third kappa shape index (κ3) is 6.07. The first-order valence-electron chi connectivity index (χ1n) is 10.3. The van der Waals surface area contributed by atoms with Crippen LogP contribution < -0.4 is 10.2 Å². The van der Waals surface area contributed by atoms with E-state index in [2.05, 4.69) is 10.3 Å². The molecule has 0 atom stereocenters. The second kappa shape index (κ2) is 10.1. The molecule has 1 N–H and O–H groups in total. The number of nitrogens with zero attached hydrogens (tertiary/aromatic N) is 2. The molecule has 0 radical (unpaired) electrons. The van der Waals surface area contributed by atoms with Crippen molar-refractivity contribution in [1.82, 2.24) is 4.98 Å². The van der Waals surface area contributed by atoms with Crippen LogP contribution in [0.4, 0.5) is 24.5 Å². The Balaban J connectivity index is 1.44. The van der Waals surface area contributed by atoms with Crippen molar-refractivity contribution >= 4 is 40.4 Å². The highest BCUT2D eigenvalue weighted by molar-refractivity contribution is 8.01. The number of carbonyl (C=O) groups is 1. The van der Waals surface area contributed by atoms with E-state index in [-0.39, 0.29) is 17.3 Å². The van der Waals surface area contributed by atoms with E-state index in [9.17, 15) is 18.0 Å². The number of hydrogen-bond donors (Lipinski definition) is 1. The average molecular weight is 494 g/mol. The number of halogens is 3. The number of thiazole rings is 1. The van der Waals surface area contributed by atoms with Gasteiger partial charge in [-0.3, -0.25) is 4.79 Å². The summed E-state index contributed by atoms with van der Waals surface area (Å²) in [7, 11) is 0. The standard InChI is InChI=1S/C23H22F3N3O2S2/c1-15-2-4-16(5-3-15)19-13-32-22(28-19)33-14-21(30)27-18-12-17(23(24,25)26)6-7-20(18)29-8-10-31-11-9-29/h2-7,12-13H,8-11,14H2,1H3,(H,27,30). The maximum atomic E-state index is 13.3.